The summed E-state index contributed by atoms with van der Waals surface area (Å²) in [5.41, 5.74) is 18.6. The van der Waals surface area contributed by atoms with Crippen molar-refractivity contribution in [3.63, 3.8) is 0 Å². The van der Waals surface area contributed by atoms with Crippen LogP contribution in [0.1, 0.15) is 103 Å². The van der Waals surface area contributed by atoms with Crippen molar-refractivity contribution < 1.29 is 50.9 Å². The van der Waals surface area contributed by atoms with Gasteiger partial charge in [-0.15, -0.1) is 119 Å². The predicted octanol–water partition coefficient (Wildman–Crippen LogP) is 18.8. The molecule has 0 aliphatic heterocycles. The number of fused-ring (bicyclic) bond motifs is 6. The van der Waals surface area contributed by atoms with Crippen LogP contribution in [-0.4, -0.2) is 19.9 Å². The summed E-state index contributed by atoms with van der Waals surface area (Å²) < 4.78 is 28.3. The minimum atomic E-state index is -0.958. The molecule has 0 saturated carbocycles. The fourth-order valence-corrected chi connectivity index (χ4v) is 12.5. The van der Waals surface area contributed by atoms with Gasteiger partial charge in [-0.25, -0.2) is 0 Å². The zero-order valence-electron chi connectivity index (χ0n) is 50.0. The van der Waals surface area contributed by atoms with Crippen LogP contribution in [0.2, 0.25) is 0 Å². The average molecular weight is 1530 g/mol. The van der Waals surface area contributed by atoms with Gasteiger partial charge in [0.2, 0.25) is 0 Å². The summed E-state index contributed by atoms with van der Waals surface area (Å²) >= 11 is 0. The van der Waals surface area contributed by atoms with Crippen LogP contribution >= 0.6 is 0 Å². The van der Waals surface area contributed by atoms with Gasteiger partial charge in [-0.1, -0.05) is 175 Å². The number of halogens is 2. The molecule has 0 saturated heterocycles. The molecule has 0 N–H and O–H groups in total. The second kappa shape index (κ2) is 24.9. The summed E-state index contributed by atoms with van der Waals surface area (Å²) in [6.45, 7) is 21.1. The Balaban J connectivity index is 0.000000181. The van der Waals surface area contributed by atoms with Gasteiger partial charge >= 0.3 is 42.1 Å². The van der Waals surface area contributed by atoms with E-state index < -0.39 is 22.5 Å². The molecule has 0 radical (unpaired) electrons. The zero-order valence-corrected chi connectivity index (χ0v) is 54.6. The smallest absolute Gasteiger partial charge is 0.300 e. The number of nitrogens with zero attached hydrogens (tertiary/aromatic N) is 6. The van der Waals surface area contributed by atoms with E-state index in [1.165, 1.54) is 45.5 Å². The van der Waals surface area contributed by atoms with E-state index in [2.05, 4.69) is 180 Å². The summed E-state index contributed by atoms with van der Waals surface area (Å²) in [6.07, 6.45) is 0. The molecule has 6 nitrogen and oxygen atoms in total. The third-order valence-electron chi connectivity index (χ3n) is 16.9. The molecule has 0 spiro atoms. The van der Waals surface area contributed by atoms with Crippen LogP contribution in [0.3, 0.4) is 0 Å². The van der Waals surface area contributed by atoms with E-state index in [4.69, 9.17) is 26.5 Å². The van der Waals surface area contributed by atoms with Crippen LogP contribution in [0.5, 0.6) is 0 Å². The van der Waals surface area contributed by atoms with E-state index in [0.717, 1.165) is 68.3 Å². The minimum Gasteiger partial charge on any atom is -0.300 e. The minimum absolute atomic E-state index is 0. The number of pyridine rings is 4. The first-order valence-electron chi connectivity index (χ1n) is 29.2. The molecule has 8 aromatic carbocycles. The second-order valence-electron chi connectivity index (χ2n) is 24.2. The van der Waals surface area contributed by atoms with Gasteiger partial charge in [0.1, 0.15) is 16.5 Å². The largest absolute Gasteiger partial charge is 2.00 e. The van der Waals surface area contributed by atoms with Crippen molar-refractivity contribution in [2.24, 2.45) is 0 Å². The number of aromatic nitrogens is 4. The Hall–Kier alpha value is -9.42. The van der Waals surface area contributed by atoms with Crippen LogP contribution in [0.25, 0.3) is 72.1 Å². The van der Waals surface area contributed by atoms with E-state index in [0.29, 0.717) is 33.9 Å². The van der Waals surface area contributed by atoms with Crippen molar-refractivity contribution in [3.05, 3.63) is 340 Å². The molecule has 2 aliphatic rings. The van der Waals surface area contributed by atoms with Crippen molar-refractivity contribution in [1.82, 2.24) is 19.9 Å². The second-order valence-corrected chi connectivity index (χ2v) is 24.2. The fourth-order valence-electron chi connectivity index (χ4n) is 12.5. The maximum atomic E-state index is 14.2. The first kappa shape index (κ1) is 62.2. The standard InChI is InChI=1S/C43H38N2.C37H18F2N4.2Pt/c1-41(2,3)31-23-25-33-34-26-24-32(42(4,5)6)28-36(34)43(35(33)27-31,39-21-13-19-37(44-39)29-15-9-7-10-16-29)40-22-14-20-38(45-40)30-17-11-8-12-18-30;1-41-34-21-24(17-19-31(34)39)33-13-7-15-36(43-33)37(28-10-4-2-8-26(28)27-9-3-5-11-29(27)37)35-14-6-12-32(42-35)23-16-18-30(38)25(20-23)22-40;;/h7-15,17,19-28H,1-6H3;2-15,18-21H;;/q2*-2;2*+2. The van der Waals surface area contributed by atoms with Gasteiger partial charge in [0.15, 0.2) is 0 Å². The van der Waals surface area contributed by atoms with Crippen molar-refractivity contribution in [2.75, 3.05) is 0 Å². The molecule has 0 unspecified atom stereocenters. The number of benzene rings is 8. The van der Waals surface area contributed by atoms with Gasteiger partial charge in [-0.2, -0.15) is 5.26 Å². The van der Waals surface area contributed by atoms with E-state index in [1.54, 1.807) is 6.07 Å². The van der Waals surface area contributed by atoms with Gasteiger partial charge in [-0.3, -0.25) is 33.6 Å². The maximum Gasteiger partial charge on any atom is 2.00 e. The van der Waals surface area contributed by atoms with E-state index >= 15 is 0 Å². The summed E-state index contributed by atoms with van der Waals surface area (Å²) in [5.74, 6) is -1.28. The Morgan fingerprint density at radius 2 is 0.789 bits per heavy atom. The zero-order chi connectivity index (χ0) is 61.0. The molecule has 0 atom stereocenters. The molecule has 12 aromatic rings. The van der Waals surface area contributed by atoms with E-state index in [1.807, 2.05) is 97.1 Å². The maximum absolute atomic E-state index is 14.2. The van der Waals surface area contributed by atoms with E-state index in [-0.39, 0.29) is 64.2 Å². The Morgan fingerprint density at radius 3 is 1.19 bits per heavy atom. The summed E-state index contributed by atoms with van der Waals surface area (Å²) in [7, 11) is 0. The summed E-state index contributed by atoms with van der Waals surface area (Å²) in [6, 6.07) is 90.2. The SMILES string of the molecule is CC(C)(C)c1ccc2c(c1)C(c1cccc(-c3[c-]cccc3)n1)(c1cccc(-c3[c-]cccc3)n1)c1cc(C(C)(C)C)ccc1-2.[C-]#[N+]c1cc(-c2cccc(C3(c4cccc(-c5[c-]cc(F)c(C#N)c5)n4)c4ccccc4-c4ccccc43)n2)[c-]cc1F.[Pt+2].[Pt+2]. The van der Waals surface area contributed by atoms with Gasteiger partial charge in [0.25, 0.3) is 0 Å². The van der Waals surface area contributed by atoms with Crippen LogP contribution in [-0.2, 0) is 63.8 Å². The van der Waals surface area contributed by atoms with Crippen molar-refractivity contribution in [1.29, 1.82) is 5.26 Å². The molecule has 2 aliphatic carbocycles. The van der Waals surface area contributed by atoms with Crippen LogP contribution < -0.4 is 0 Å². The molecular weight excluding hydrogens is 1470 g/mol. The fraction of sp³-hybridized carbons (Fsp3) is 0.125. The van der Waals surface area contributed by atoms with Crippen molar-refractivity contribution >= 4 is 5.69 Å². The first-order chi connectivity index (χ1) is 42.6. The van der Waals surface area contributed by atoms with Gasteiger partial charge in [0.05, 0.1) is 41.2 Å². The predicted molar refractivity (Wildman–Crippen MR) is 344 cm³/mol. The monoisotopic (exact) mass is 1530 g/mol. The Bertz CT molecular complexity index is 4480. The average Bonchev–Trinajstić information content (AvgIpc) is 1.52. The summed E-state index contributed by atoms with van der Waals surface area (Å²) in [5, 5.41) is 9.42. The topological polar surface area (TPSA) is 79.7 Å². The summed E-state index contributed by atoms with van der Waals surface area (Å²) in [4.78, 5) is 24.5. The molecule has 10 heteroatoms. The molecule has 440 valence electrons. The first-order valence-corrected chi connectivity index (χ1v) is 29.2. The third kappa shape index (κ3) is 10.9. The third-order valence-corrected chi connectivity index (χ3v) is 16.9. The van der Waals surface area contributed by atoms with Crippen molar-refractivity contribution in [2.45, 2.75) is 63.2 Å². The molecule has 14 rings (SSSR count). The molecule has 4 aromatic heterocycles. The Kier molecular flexibility index (Phi) is 17.2. The number of nitriles is 1. The van der Waals surface area contributed by atoms with Gasteiger partial charge < -0.3 is 0 Å². The van der Waals surface area contributed by atoms with Crippen molar-refractivity contribution in [3.8, 4) is 73.4 Å². The van der Waals surface area contributed by atoms with Gasteiger partial charge in [-0.05, 0) is 114 Å². The van der Waals surface area contributed by atoms with E-state index in [9.17, 15) is 14.0 Å². The molecule has 0 amide bonds. The quantitative estimate of drug-likeness (QED) is 0.142. The number of hydrogen-bond acceptors (Lipinski definition) is 5. The molecular formula is C80H56F2N6Pt2. The normalized spacial score (nSPS) is 12.9. The van der Waals surface area contributed by atoms with Crippen LogP contribution in [0.15, 0.2) is 231 Å². The van der Waals surface area contributed by atoms with Crippen LogP contribution in [0, 0.1) is 53.8 Å². The number of rotatable bonds is 8. The van der Waals surface area contributed by atoms with Crippen LogP contribution in [0.4, 0.5) is 14.5 Å². The molecule has 0 fully saturated rings. The Labute approximate surface area is 553 Å². The number of hydrogen-bond donors (Lipinski definition) is 0. The molecule has 90 heavy (non-hydrogen) atoms. The molecule has 4 heterocycles. The van der Waals surface area contributed by atoms with Gasteiger partial charge in [0, 0.05) is 11.4 Å². The Morgan fingerprint density at radius 1 is 0.411 bits per heavy atom. The molecule has 0 bridgehead atoms.